The summed E-state index contributed by atoms with van der Waals surface area (Å²) in [6, 6.07) is 8.51. The van der Waals surface area contributed by atoms with Crippen LogP contribution in [0.15, 0.2) is 24.3 Å². The fourth-order valence-corrected chi connectivity index (χ4v) is 2.23. The van der Waals surface area contributed by atoms with Crippen molar-refractivity contribution >= 4 is 6.09 Å². The number of rotatable bonds is 7. The summed E-state index contributed by atoms with van der Waals surface area (Å²) >= 11 is 0. The lowest BCUT2D eigenvalue weighted by atomic mass is 10.1. The number of aryl methyl sites for hydroxylation is 1. The summed E-state index contributed by atoms with van der Waals surface area (Å²) in [7, 11) is 0. The van der Waals surface area contributed by atoms with Crippen LogP contribution in [0.1, 0.15) is 52.2 Å². The van der Waals surface area contributed by atoms with Crippen LogP contribution in [-0.2, 0) is 17.7 Å². The highest BCUT2D eigenvalue weighted by molar-refractivity contribution is 5.68. The maximum absolute atomic E-state index is 11.8. The fraction of sp³-hybridized carbons (Fsp3) is 0.611. The Morgan fingerprint density at radius 1 is 1.18 bits per heavy atom. The molecule has 0 aliphatic rings. The van der Waals surface area contributed by atoms with Gasteiger partial charge in [-0.1, -0.05) is 38.1 Å². The third kappa shape index (κ3) is 6.94. The first-order valence-corrected chi connectivity index (χ1v) is 8.12. The molecule has 1 aromatic rings. The molecule has 22 heavy (non-hydrogen) atoms. The largest absolute Gasteiger partial charge is 0.444 e. The summed E-state index contributed by atoms with van der Waals surface area (Å²) < 4.78 is 5.29. The molecule has 4 heteroatoms. The molecule has 1 aromatic carbocycles. The van der Waals surface area contributed by atoms with Gasteiger partial charge in [-0.3, -0.25) is 0 Å². The molecule has 1 rings (SSSR count). The smallest absolute Gasteiger partial charge is 0.407 e. The van der Waals surface area contributed by atoms with E-state index in [1.165, 1.54) is 11.1 Å². The monoisotopic (exact) mass is 306 g/mol. The molecule has 0 heterocycles. The Kier molecular flexibility index (Phi) is 7.39. The van der Waals surface area contributed by atoms with E-state index in [1.54, 1.807) is 0 Å². The minimum absolute atomic E-state index is 0.0728. The molecule has 1 unspecified atom stereocenters. The number of alkyl carbamates (subject to hydrolysis) is 1. The van der Waals surface area contributed by atoms with Crippen LogP contribution in [-0.4, -0.2) is 24.3 Å². The van der Waals surface area contributed by atoms with E-state index in [2.05, 4.69) is 48.7 Å². The van der Waals surface area contributed by atoms with Crippen molar-refractivity contribution in [2.75, 3.05) is 6.54 Å². The predicted octanol–water partition coefficient (Wildman–Crippen LogP) is 3.64. The summed E-state index contributed by atoms with van der Waals surface area (Å²) in [6.07, 6.45) is 1.54. The Balaban J connectivity index is 2.42. The first-order chi connectivity index (χ1) is 10.4. The molecular weight excluding hydrogens is 276 g/mol. The maximum atomic E-state index is 11.8. The molecule has 0 radical (unpaired) electrons. The second-order valence-corrected chi connectivity index (χ2v) is 6.50. The molecule has 0 saturated heterocycles. The average molecular weight is 306 g/mol. The Morgan fingerprint density at radius 3 is 2.36 bits per heavy atom. The topological polar surface area (TPSA) is 50.4 Å². The Hall–Kier alpha value is -1.55. The zero-order valence-corrected chi connectivity index (χ0v) is 14.5. The number of carbonyl (C=O) groups is 1. The van der Waals surface area contributed by atoms with Crippen LogP contribution in [0.25, 0.3) is 0 Å². The van der Waals surface area contributed by atoms with Gasteiger partial charge >= 0.3 is 6.09 Å². The molecule has 0 fully saturated rings. The summed E-state index contributed by atoms with van der Waals surface area (Å²) in [6.45, 7) is 11.4. The van der Waals surface area contributed by atoms with E-state index in [-0.39, 0.29) is 12.1 Å². The summed E-state index contributed by atoms with van der Waals surface area (Å²) in [5.41, 5.74) is 2.22. The zero-order valence-electron chi connectivity index (χ0n) is 14.5. The summed E-state index contributed by atoms with van der Waals surface area (Å²) in [5, 5.41) is 6.34. The van der Waals surface area contributed by atoms with E-state index in [0.717, 1.165) is 25.9 Å². The van der Waals surface area contributed by atoms with Crippen LogP contribution in [0, 0.1) is 0 Å². The molecule has 0 spiro atoms. The van der Waals surface area contributed by atoms with Crippen LogP contribution in [0.2, 0.25) is 0 Å². The van der Waals surface area contributed by atoms with Gasteiger partial charge in [-0.25, -0.2) is 4.79 Å². The van der Waals surface area contributed by atoms with Gasteiger partial charge in [0.1, 0.15) is 5.60 Å². The summed E-state index contributed by atoms with van der Waals surface area (Å²) in [4.78, 5) is 11.8. The quantitative estimate of drug-likeness (QED) is 0.808. The summed E-state index contributed by atoms with van der Waals surface area (Å²) in [5.74, 6) is 0. The van der Waals surface area contributed by atoms with Crippen LogP contribution in [0.3, 0.4) is 0 Å². The molecule has 0 aliphatic heterocycles. The second-order valence-electron chi connectivity index (χ2n) is 6.50. The highest BCUT2D eigenvalue weighted by Gasteiger charge is 2.18. The lowest BCUT2D eigenvalue weighted by Gasteiger charge is -2.23. The highest BCUT2D eigenvalue weighted by Crippen LogP contribution is 2.09. The van der Waals surface area contributed by atoms with E-state index in [1.807, 2.05) is 20.8 Å². The van der Waals surface area contributed by atoms with Crippen LogP contribution in [0.4, 0.5) is 4.79 Å². The van der Waals surface area contributed by atoms with Crippen molar-refractivity contribution in [3.05, 3.63) is 35.4 Å². The fourth-order valence-electron chi connectivity index (χ4n) is 2.23. The second kappa shape index (κ2) is 8.79. The standard InChI is InChI=1S/C18H30N2O2/c1-6-14-10-8-9-11-15(14)12-19-13-16(7-2)20-17(21)22-18(3,4)5/h8-11,16,19H,6-7,12-13H2,1-5H3,(H,20,21). The van der Waals surface area contributed by atoms with E-state index in [9.17, 15) is 4.79 Å². The number of hydrogen-bond acceptors (Lipinski definition) is 3. The lowest BCUT2D eigenvalue weighted by molar-refractivity contribution is 0.0502. The van der Waals surface area contributed by atoms with Gasteiger partial charge in [0.05, 0.1) is 0 Å². The van der Waals surface area contributed by atoms with Crippen molar-refractivity contribution in [2.45, 2.75) is 65.6 Å². The van der Waals surface area contributed by atoms with Gasteiger partial charge in [0.15, 0.2) is 0 Å². The van der Waals surface area contributed by atoms with Crippen molar-refractivity contribution in [1.29, 1.82) is 0 Å². The van der Waals surface area contributed by atoms with Crippen molar-refractivity contribution in [2.24, 2.45) is 0 Å². The minimum Gasteiger partial charge on any atom is -0.444 e. The van der Waals surface area contributed by atoms with Crippen LogP contribution in [0.5, 0.6) is 0 Å². The Morgan fingerprint density at radius 2 is 1.82 bits per heavy atom. The number of carbonyl (C=O) groups excluding carboxylic acids is 1. The highest BCUT2D eigenvalue weighted by atomic mass is 16.6. The van der Waals surface area contributed by atoms with Crippen molar-refractivity contribution in [3.8, 4) is 0 Å². The molecule has 0 saturated carbocycles. The van der Waals surface area contributed by atoms with Gasteiger partial charge in [-0.05, 0) is 44.7 Å². The molecule has 124 valence electrons. The molecular formula is C18H30N2O2. The SMILES string of the molecule is CCc1ccccc1CNCC(CC)NC(=O)OC(C)(C)C. The molecule has 1 atom stereocenters. The van der Waals surface area contributed by atoms with E-state index in [4.69, 9.17) is 4.74 Å². The third-order valence-corrected chi connectivity index (χ3v) is 3.42. The van der Waals surface area contributed by atoms with E-state index in [0.29, 0.717) is 0 Å². The molecule has 0 aliphatic carbocycles. The lowest BCUT2D eigenvalue weighted by Crippen LogP contribution is -2.43. The van der Waals surface area contributed by atoms with Gasteiger partial charge in [-0.15, -0.1) is 0 Å². The van der Waals surface area contributed by atoms with Crippen LogP contribution >= 0.6 is 0 Å². The Bertz CT molecular complexity index is 466. The van der Waals surface area contributed by atoms with E-state index < -0.39 is 5.60 Å². The van der Waals surface area contributed by atoms with Gasteiger partial charge in [-0.2, -0.15) is 0 Å². The normalized spacial score (nSPS) is 12.8. The zero-order chi connectivity index (χ0) is 16.6. The van der Waals surface area contributed by atoms with Crippen molar-refractivity contribution < 1.29 is 9.53 Å². The maximum Gasteiger partial charge on any atom is 0.407 e. The number of ether oxygens (including phenoxy) is 1. The number of benzene rings is 1. The van der Waals surface area contributed by atoms with E-state index >= 15 is 0 Å². The average Bonchev–Trinajstić information content (AvgIpc) is 2.44. The van der Waals surface area contributed by atoms with Crippen molar-refractivity contribution in [3.63, 3.8) is 0 Å². The molecule has 4 nitrogen and oxygen atoms in total. The number of nitrogens with one attached hydrogen (secondary N) is 2. The van der Waals surface area contributed by atoms with Crippen LogP contribution < -0.4 is 10.6 Å². The molecule has 2 N–H and O–H groups in total. The predicted molar refractivity (Wildman–Crippen MR) is 91.0 cm³/mol. The first kappa shape index (κ1) is 18.5. The number of hydrogen-bond donors (Lipinski definition) is 2. The number of amides is 1. The van der Waals surface area contributed by atoms with Gasteiger partial charge in [0.2, 0.25) is 0 Å². The van der Waals surface area contributed by atoms with Gasteiger partial charge in [0, 0.05) is 19.1 Å². The van der Waals surface area contributed by atoms with Gasteiger partial charge in [0.25, 0.3) is 0 Å². The third-order valence-electron chi connectivity index (χ3n) is 3.42. The molecule has 1 amide bonds. The first-order valence-electron chi connectivity index (χ1n) is 8.12. The molecule has 0 aromatic heterocycles. The minimum atomic E-state index is -0.462. The molecule has 0 bridgehead atoms. The Labute approximate surface area is 134 Å². The van der Waals surface area contributed by atoms with Gasteiger partial charge < -0.3 is 15.4 Å². The van der Waals surface area contributed by atoms with Crippen molar-refractivity contribution in [1.82, 2.24) is 10.6 Å².